The molecule has 0 aliphatic carbocycles. The van der Waals surface area contributed by atoms with Crippen molar-refractivity contribution in [3.63, 3.8) is 0 Å². The van der Waals surface area contributed by atoms with Gasteiger partial charge in [0, 0.05) is 11.8 Å². The van der Waals surface area contributed by atoms with E-state index in [0.717, 1.165) is 0 Å². The highest BCUT2D eigenvalue weighted by atomic mass is 35.5. The van der Waals surface area contributed by atoms with Crippen LogP contribution in [0.3, 0.4) is 0 Å². The summed E-state index contributed by atoms with van der Waals surface area (Å²) in [7, 11) is 0. The molecule has 2 aliphatic heterocycles. The average Bonchev–Trinajstić information content (AvgIpc) is 2.76. The van der Waals surface area contributed by atoms with E-state index >= 15 is 0 Å². The number of carbonyl (C=O) groups excluding carboxylic acids is 2. The number of benzene rings is 1. The van der Waals surface area contributed by atoms with Crippen LogP contribution in [-0.2, 0) is 10.5 Å². The zero-order valence-electron chi connectivity index (χ0n) is 10.9. The maximum atomic E-state index is 14.1. The van der Waals surface area contributed by atoms with Gasteiger partial charge in [-0.05, 0) is 18.2 Å². The molecule has 3 N–H and O–H groups in total. The van der Waals surface area contributed by atoms with E-state index in [1.54, 1.807) is 12.1 Å². The lowest BCUT2D eigenvalue weighted by atomic mass is 9.97. The molecule has 2 aliphatic rings. The van der Waals surface area contributed by atoms with Gasteiger partial charge in [-0.3, -0.25) is 9.59 Å². The van der Waals surface area contributed by atoms with Gasteiger partial charge in [-0.2, -0.15) is 0 Å². The first-order chi connectivity index (χ1) is 10.5. The summed E-state index contributed by atoms with van der Waals surface area (Å²) < 4.78 is 14.1. The molecule has 0 radical (unpaired) electrons. The minimum absolute atomic E-state index is 0.0512. The Balaban J connectivity index is 1.93. The average molecular weight is 319 g/mol. The van der Waals surface area contributed by atoms with E-state index < -0.39 is 23.3 Å². The van der Waals surface area contributed by atoms with Crippen molar-refractivity contribution in [3.05, 3.63) is 52.4 Å². The molecule has 4 rings (SSSR count). The molecule has 0 bridgehead atoms. The quantitative estimate of drug-likeness (QED) is 0.692. The maximum absolute atomic E-state index is 14.1. The van der Waals surface area contributed by atoms with Crippen LogP contribution in [0.4, 0.5) is 15.9 Å². The Morgan fingerprint density at radius 1 is 1.18 bits per heavy atom. The van der Waals surface area contributed by atoms with E-state index in [1.807, 2.05) is 0 Å². The molecule has 1 atom stereocenters. The van der Waals surface area contributed by atoms with Crippen LogP contribution >= 0.6 is 11.6 Å². The van der Waals surface area contributed by atoms with Crippen LogP contribution < -0.4 is 16.0 Å². The Labute approximate surface area is 128 Å². The van der Waals surface area contributed by atoms with Crippen LogP contribution in [-0.4, -0.2) is 16.8 Å². The lowest BCUT2D eigenvalue weighted by Gasteiger charge is -2.34. The highest BCUT2D eigenvalue weighted by molar-refractivity contribution is 6.31. The normalized spacial score (nSPS) is 21.7. The Bertz CT molecular complexity index is 857. The molecule has 0 unspecified atom stereocenters. The van der Waals surface area contributed by atoms with Gasteiger partial charge in [0.2, 0.25) is 5.66 Å². The summed E-state index contributed by atoms with van der Waals surface area (Å²) in [6.07, 6.45) is 1.49. The first-order valence-corrected chi connectivity index (χ1v) is 6.76. The standard InChI is InChI=1S/C14H8ClFN4O2/c15-8-4-3-7-10(9(8)16)18-13(22)14(7)19-11-6(12(21)20-14)2-1-5-17-11/h1-5H,(H,17,19)(H,18,22)(H,20,21)/t14-/m1/s1. The van der Waals surface area contributed by atoms with E-state index in [9.17, 15) is 14.0 Å². The fourth-order valence-electron chi connectivity index (χ4n) is 2.70. The van der Waals surface area contributed by atoms with Gasteiger partial charge < -0.3 is 16.0 Å². The highest BCUT2D eigenvalue weighted by Gasteiger charge is 2.52. The molecule has 2 amide bonds. The number of hydrogen-bond acceptors (Lipinski definition) is 4. The van der Waals surface area contributed by atoms with Gasteiger partial charge in [0.15, 0.2) is 5.82 Å². The molecule has 0 fully saturated rings. The summed E-state index contributed by atoms with van der Waals surface area (Å²) in [4.78, 5) is 28.7. The third kappa shape index (κ3) is 1.51. The number of pyridine rings is 1. The van der Waals surface area contributed by atoms with Crippen LogP contribution in [0, 0.1) is 5.82 Å². The third-order valence-corrected chi connectivity index (χ3v) is 4.03. The minimum atomic E-state index is -1.60. The number of amides is 2. The number of fused-ring (bicyclic) bond motifs is 3. The van der Waals surface area contributed by atoms with Gasteiger partial charge in [-0.1, -0.05) is 17.7 Å². The SMILES string of the molecule is O=C1N[C@@]2(Nc3ncccc31)C(=O)Nc1c2ccc(Cl)c1F. The van der Waals surface area contributed by atoms with Gasteiger partial charge in [0.05, 0.1) is 16.3 Å². The zero-order valence-corrected chi connectivity index (χ0v) is 11.7. The molecular formula is C14H8ClFN4O2. The number of rotatable bonds is 0. The number of anilines is 2. The number of nitrogens with one attached hydrogen (secondary N) is 3. The van der Waals surface area contributed by atoms with Gasteiger partial charge in [-0.25, -0.2) is 9.37 Å². The predicted octanol–water partition coefficient (Wildman–Crippen LogP) is 1.83. The number of carbonyl (C=O) groups is 2. The van der Waals surface area contributed by atoms with E-state index in [-0.39, 0.29) is 22.1 Å². The Hall–Kier alpha value is -2.67. The summed E-state index contributed by atoms with van der Waals surface area (Å²) in [6, 6.07) is 6.01. The molecule has 8 heteroatoms. The third-order valence-electron chi connectivity index (χ3n) is 3.74. The fraction of sp³-hybridized carbons (Fsp3) is 0.0714. The predicted molar refractivity (Wildman–Crippen MR) is 77.0 cm³/mol. The van der Waals surface area contributed by atoms with E-state index in [1.165, 1.54) is 18.3 Å². The number of nitrogens with zero attached hydrogens (tertiary/aromatic N) is 1. The largest absolute Gasteiger partial charge is 0.335 e. The van der Waals surface area contributed by atoms with Crippen LogP contribution in [0.2, 0.25) is 5.02 Å². The molecule has 1 aromatic heterocycles. The highest BCUT2D eigenvalue weighted by Crippen LogP contribution is 2.42. The van der Waals surface area contributed by atoms with Crippen LogP contribution in [0.5, 0.6) is 0 Å². The van der Waals surface area contributed by atoms with Crippen LogP contribution in [0.15, 0.2) is 30.5 Å². The summed E-state index contributed by atoms with van der Waals surface area (Å²) in [5.41, 5.74) is -1.09. The first kappa shape index (κ1) is 13.0. The molecule has 3 heterocycles. The zero-order chi connectivity index (χ0) is 15.5. The molecule has 6 nitrogen and oxygen atoms in total. The van der Waals surface area contributed by atoms with Crippen LogP contribution in [0.1, 0.15) is 15.9 Å². The Morgan fingerprint density at radius 3 is 2.82 bits per heavy atom. The van der Waals surface area contributed by atoms with Crippen LogP contribution in [0.25, 0.3) is 0 Å². The van der Waals surface area contributed by atoms with Gasteiger partial charge in [0.25, 0.3) is 11.8 Å². The van der Waals surface area contributed by atoms with Gasteiger partial charge in [-0.15, -0.1) is 0 Å². The molecular weight excluding hydrogens is 311 g/mol. The molecule has 1 aromatic carbocycles. The smallest absolute Gasteiger partial charge is 0.276 e. The van der Waals surface area contributed by atoms with Crippen molar-refractivity contribution >= 4 is 34.9 Å². The monoisotopic (exact) mass is 318 g/mol. The van der Waals surface area contributed by atoms with E-state index in [4.69, 9.17) is 11.6 Å². The summed E-state index contributed by atoms with van der Waals surface area (Å²) in [5.74, 6) is -1.56. The molecule has 2 aromatic rings. The summed E-state index contributed by atoms with van der Waals surface area (Å²) >= 11 is 5.73. The van der Waals surface area contributed by atoms with Gasteiger partial charge in [0.1, 0.15) is 5.82 Å². The van der Waals surface area contributed by atoms with Crippen molar-refractivity contribution in [1.29, 1.82) is 0 Å². The number of halogens is 2. The lowest BCUT2D eigenvalue weighted by molar-refractivity contribution is -0.120. The van der Waals surface area contributed by atoms with Crippen molar-refractivity contribution in [2.24, 2.45) is 0 Å². The van der Waals surface area contributed by atoms with E-state index in [0.29, 0.717) is 5.56 Å². The lowest BCUT2D eigenvalue weighted by Crippen LogP contribution is -2.59. The van der Waals surface area contributed by atoms with Gasteiger partial charge >= 0.3 is 0 Å². The van der Waals surface area contributed by atoms with Crippen molar-refractivity contribution in [3.8, 4) is 0 Å². The molecule has 110 valence electrons. The van der Waals surface area contributed by atoms with Crippen molar-refractivity contribution < 1.29 is 14.0 Å². The summed E-state index contributed by atoms with van der Waals surface area (Å²) in [6.45, 7) is 0. The Kier molecular flexibility index (Phi) is 2.47. The van der Waals surface area contributed by atoms with Crippen molar-refractivity contribution in [2.75, 3.05) is 10.6 Å². The second kappa shape index (κ2) is 4.17. The molecule has 1 spiro atoms. The summed E-state index contributed by atoms with van der Waals surface area (Å²) in [5, 5.41) is 7.78. The van der Waals surface area contributed by atoms with E-state index in [2.05, 4.69) is 20.9 Å². The molecule has 22 heavy (non-hydrogen) atoms. The maximum Gasteiger partial charge on any atom is 0.276 e. The first-order valence-electron chi connectivity index (χ1n) is 6.38. The number of hydrogen-bond donors (Lipinski definition) is 3. The fourth-order valence-corrected chi connectivity index (χ4v) is 2.86. The number of aromatic nitrogens is 1. The topological polar surface area (TPSA) is 83.1 Å². The molecule has 0 saturated carbocycles. The molecule has 0 saturated heterocycles. The van der Waals surface area contributed by atoms with Crippen molar-refractivity contribution in [2.45, 2.75) is 5.66 Å². The van der Waals surface area contributed by atoms with Crippen molar-refractivity contribution in [1.82, 2.24) is 10.3 Å². The second-order valence-electron chi connectivity index (χ2n) is 4.97. The second-order valence-corrected chi connectivity index (χ2v) is 5.37. The minimum Gasteiger partial charge on any atom is -0.335 e. The Morgan fingerprint density at radius 2 is 2.00 bits per heavy atom.